The zero-order chi connectivity index (χ0) is 22.4. The highest BCUT2D eigenvalue weighted by molar-refractivity contribution is 6.21. The van der Waals surface area contributed by atoms with E-state index in [2.05, 4.69) is 10.3 Å². The van der Waals surface area contributed by atoms with Gasteiger partial charge in [0.2, 0.25) is 0 Å². The summed E-state index contributed by atoms with van der Waals surface area (Å²) < 4.78 is 27.2. The van der Waals surface area contributed by atoms with Crippen LogP contribution in [0.3, 0.4) is 0 Å². The van der Waals surface area contributed by atoms with Crippen molar-refractivity contribution < 1.29 is 18.4 Å². The molecule has 1 saturated carbocycles. The van der Waals surface area contributed by atoms with Gasteiger partial charge in [0.1, 0.15) is 0 Å². The van der Waals surface area contributed by atoms with E-state index in [4.69, 9.17) is 0 Å². The molecule has 2 N–H and O–H groups in total. The molecule has 1 aliphatic heterocycles. The molecule has 2 amide bonds. The van der Waals surface area contributed by atoms with Crippen LogP contribution >= 0.6 is 0 Å². The summed E-state index contributed by atoms with van der Waals surface area (Å²) in [6.07, 6.45) is 5.01. The van der Waals surface area contributed by atoms with Crippen LogP contribution < -0.4 is 5.32 Å². The third kappa shape index (κ3) is 3.47. The van der Waals surface area contributed by atoms with Crippen LogP contribution in [0.25, 0.3) is 16.5 Å². The molecule has 5 nitrogen and oxygen atoms in total. The summed E-state index contributed by atoms with van der Waals surface area (Å²) in [6.45, 7) is 1.88. The first-order valence-electron chi connectivity index (χ1n) is 10.8. The Morgan fingerprint density at radius 2 is 1.88 bits per heavy atom. The Bertz CT molecular complexity index is 1260. The SMILES string of the molecule is CC1Cc2c([nH]c3ccccc23)C(C(=O)NC2CCC2)=CN1C(=O)c1ccc(F)c(F)c1. The summed E-state index contributed by atoms with van der Waals surface area (Å²) in [5.74, 6) is -2.83. The molecular formula is C25H23F2N3O2. The molecule has 164 valence electrons. The van der Waals surface area contributed by atoms with Gasteiger partial charge in [-0.3, -0.25) is 9.59 Å². The molecule has 2 aliphatic rings. The second-order valence-corrected chi connectivity index (χ2v) is 8.56. The lowest BCUT2D eigenvalue weighted by Gasteiger charge is -2.27. The van der Waals surface area contributed by atoms with E-state index in [1.165, 1.54) is 11.0 Å². The summed E-state index contributed by atoms with van der Waals surface area (Å²) in [6, 6.07) is 10.7. The largest absolute Gasteiger partial charge is 0.354 e. The van der Waals surface area contributed by atoms with Crippen LogP contribution in [0.5, 0.6) is 0 Å². The number of aromatic amines is 1. The van der Waals surface area contributed by atoms with Crippen LogP contribution in [0, 0.1) is 11.6 Å². The van der Waals surface area contributed by atoms with Gasteiger partial charge >= 0.3 is 0 Å². The average molecular weight is 435 g/mol. The van der Waals surface area contributed by atoms with E-state index in [1.54, 1.807) is 6.20 Å². The first-order valence-corrected chi connectivity index (χ1v) is 10.8. The Kier molecular flexibility index (Phi) is 5.04. The number of nitrogens with zero attached hydrogens (tertiary/aromatic N) is 1. The molecule has 1 aromatic heterocycles. The predicted molar refractivity (Wildman–Crippen MR) is 118 cm³/mol. The van der Waals surface area contributed by atoms with Crippen molar-refractivity contribution in [3.8, 4) is 0 Å². The minimum Gasteiger partial charge on any atom is -0.354 e. The van der Waals surface area contributed by atoms with Crippen molar-refractivity contribution in [2.24, 2.45) is 0 Å². The Labute approximate surface area is 184 Å². The van der Waals surface area contributed by atoms with E-state index in [0.29, 0.717) is 17.7 Å². The number of aromatic nitrogens is 1. The van der Waals surface area contributed by atoms with Gasteiger partial charge in [0.15, 0.2) is 11.6 Å². The minimum atomic E-state index is -1.08. The maximum Gasteiger partial charge on any atom is 0.258 e. The topological polar surface area (TPSA) is 65.2 Å². The summed E-state index contributed by atoms with van der Waals surface area (Å²) >= 11 is 0. The molecule has 1 atom stereocenters. The quantitative estimate of drug-likeness (QED) is 0.634. The molecule has 2 aromatic carbocycles. The Hall–Kier alpha value is -3.48. The van der Waals surface area contributed by atoms with Gasteiger partial charge in [0.05, 0.1) is 11.3 Å². The molecule has 0 saturated heterocycles. The fourth-order valence-corrected chi connectivity index (χ4v) is 4.39. The number of benzene rings is 2. The molecule has 0 radical (unpaired) electrons. The normalized spacial score (nSPS) is 18.5. The van der Waals surface area contributed by atoms with Crippen LogP contribution in [-0.2, 0) is 11.2 Å². The fourth-order valence-electron chi connectivity index (χ4n) is 4.39. The second-order valence-electron chi connectivity index (χ2n) is 8.56. The number of hydrogen-bond donors (Lipinski definition) is 2. The lowest BCUT2D eigenvalue weighted by atomic mass is 9.92. The number of carbonyl (C=O) groups is 2. The highest BCUT2D eigenvalue weighted by Gasteiger charge is 2.32. The fraction of sp³-hybridized carbons (Fsp3) is 0.280. The Morgan fingerprint density at radius 1 is 1.09 bits per heavy atom. The molecule has 0 bridgehead atoms. The third-order valence-electron chi connectivity index (χ3n) is 6.41. The van der Waals surface area contributed by atoms with E-state index in [-0.39, 0.29) is 23.6 Å². The number of para-hydroxylation sites is 1. The maximum absolute atomic E-state index is 13.8. The standard InChI is InChI=1S/C25H23F2N3O2/c1-14-11-18-17-7-2-3-8-22(17)29-23(18)19(24(31)28-16-5-4-6-16)13-30(14)25(32)15-9-10-20(26)21(27)12-15/h2-3,7-10,12-14,16,29H,4-6,11H2,1H3,(H,28,31). The Balaban J connectivity index is 1.60. The molecule has 1 fully saturated rings. The molecule has 0 spiro atoms. The number of halogens is 2. The van der Waals surface area contributed by atoms with Gasteiger partial charge in [-0.2, -0.15) is 0 Å². The first-order chi connectivity index (χ1) is 15.4. The third-order valence-corrected chi connectivity index (χ3v) is 6.41. The number of fused-ring (bicyclic) bond motifs is 3. The van der Waals surface area contributed by atoms with Crippen LogP contribution in [0.1, 0.15) is 47.8 Å². The highest BCUT2D eigenvalue weighted by atomic mass is 19.2. The Morgan fingerprint density at radius 3 is 2.59 bits per heavy atom. The first kappa shape index (κ1) is 20.4. The molecular weight excluding hydrogens is 412 g/mol. The maximum atomic E-state index is 13.8. The molecule has 7 heteroatoms. The number of H-pyrrole nitrogens is 1. The van der Waals surface area contributed by atoms with Gasteiger partial charge in [-0.15, -0.1) is 0 Å². The molecule has 3 aromatic rings. The van der Waals surface area contributed by atoms with Gasteiger partial charge in [-0.05, 0) is 62.4 Å². The van der Waals surface area contributed by atoms with E-state index >= 15 is 0 Å². The summed E-state index contributed by atoms with van der Waals surface area (Å²) in [7, 11) is 0. The minimum absolute atomic E-state index is 0.0289. The van der Waals surface area contributed by atoms with Crippen molar-refractivity contribution in [3.63, 3.8) is 0 Å². The number of amides is 2. The zero-order valence-electron chi connectivity index (χ0n) is 17.6. The van der Waals surface area contributed by atoms with Crippen LogP contribution in [-0.4, -0.2) is 33.8 Å². The summed E-state index contributed by atoms with van der Waals surface area (Å²) in [5, 5.41) is 4.05. The van der Waals surface area contributed by atoms with Crippen molar-refractivity contribution in [3.05, 3.63) is 77.1 Å². The van der Waals surface area contributed by atoms with Gasteiger partial charge in [0.25, 0.3) is 11.8 Å². The number of carbonyl (C=O) groups excluding carboxylic acids is 2. The van der Waals surface area contributed by atoms with E-state index in [1.807, 2.05) is 31.2 Å². The molecule has 32 heavy (non-hydrogen) atoms. The van der Waals surface area contributed by atoms with Crippen molar-refractivity contribution in [2.45, 2.75) is 44.7 Å². The predicted octanol–water partition coefficient (Wildman–Crippen LogP) is 4.54. The average Bonchev–Trinajstić information content (AvgIpc) is 3.03. The monoisotopic (exact) mass is 435 g/mol. The van der Waals surface area contributed by atoms with Gasteiger partial charge in [0, 0.05) is 34.8 Å². The van der Waals surface area contributed by atoms with E-state index in [9.17, 15) is 18.4 Å². The van der Waals surface area contributed by atoms with Crippen molar-refractivity contribution >= 4 is 28.3 Å². The molecule has 1 unspecified atom stereocenters. The van der Waals surface area contributed by atoms with E-state index in [0.717, 1.165) is 47.9 Å². The van der Waals surface area contributed by atoms with Gasteiger partial charge < -0.3 is 15.2 Å². The van der Waals surface area contributed by atoms with Crippen molar-refractivity contribution in [1.82, 2.24) is 15.2 Å². The lowest BCUT2D eigenvalue weighted by molar-refractivity contribution is -0.116. The molecule has 2 heterocycles. The van der Waals surface area contributed by atoms with Gasteiger partial charge in [-0.25, -0.2) is 8.78 Å². The highest BCUT2D eigenvalue weighted by Crippen LogP contribution is 2.34. The van der Waals surface area contributed by atoms with Crippen LogP contribution in [0.2, 0.25) is 0 Å². The van der Waals surface area contributed by atoms with E-state index < -0.39 is 17.5 Å². The van der Waals surface area contributed by atoms with Crippen molar-refractivity contribution in [2.75, 3.05) is 0 Å². The smallest absolute Gasteiger partial charge is 0.258 e. The van der Waals surface area contributed by atoms with Gasteiger partial charge in [-0.1, -0.05) is 18.2 Å². The summed E-state index contributed by atoms with van der Waals surface area (Å²) in [5.41, 5.74) is 2.97. The van der Waals surface area contributed by atoms with Crippen molar-refractivity contribution in [1.29, 1.82) is 0 Å². The number of hydrogen-bond acceptors (Lipinski definition) is 2. The number of nitrogens with one attached hydrogen (secondary N) is 2. The zero-order valence-corrected chi connectivity index (χ0v) is 17.6. The van der Waals surface area contributed by atoms with Crippen LogP contribution in [0.15, 0.2) is 48.7 Å². The molecule has 1 aliphatic carbocycles. The lowest BCUT2D eigenvalue weighted by Crippen LogP contribution is -2.40. The summed E-state index contributed by atoms with van der Waals surface area (Å²) in [4.78, 5) is 31.3. The number of rotatable bonds is 3. The molecule has 5 rings (SSSR count). The van der Waals surface area contributed by atoms with Crippen LogP contribution in [0.4, 0.5) is 8.78 Å². The second kappa shape index (κ2) is 7.89.